The van der Waals surface area contributed by atoms with Crippen molar-refractivity contribution in [2.75, 3.05) is 17.4 Å². The summed E-state index contributed by atoms with van der Waals surface area (Å²) in [6.45, 7) is 4.40. The first-order valence-electron chi connectivity index (χ1n) is 6.46. The lowest BCUT2D eigenvalue weighted by Crippen LogP contribution is -2.11. The summed E-state index contributed by atoms with van der Waals surface area (Å²) in [6, 6.07) is 7.87. The van der Waals surface area contributed by atoms with Crippen LogP contribution in [0.3, 0.4) is 0 Å². The lowest BCUT2D eigenvalue weighted by molar-refractivity contribution is 0.174. The van der Waals surface area contributed by atoms with Crippen LogP contribution in [-0.4, -0.2) is 22.8 Å². The maximum Gasteiger partial charge on any atom is 0.231 e. The quantitative estimate of drug-likeness (QED) is 0.892. The molecule has 2 N–H and O–H groups in total. The molecule has 0 atom stereocenters. The van der Waals surface area contributed by atoms with Crippen LogP contribution in [0.5, 0.6) is 11.5 Å². The van der Waals surface area contributed by atoms with Crippen molar-refractivity contribution in [3.8, 4) is 11.5 Å². The fourth-order valence-electron chi connectivity index (χ4n) is 1.92. The van der Waals surface area contributed by atoms with E-state index in [1.54, 1.807) is 0 Å². The van der Waals surface area contributed by atoms with Crippen LogP contribution in [0.1, 0.15) is 13.8 Å². The fraction of sp³-hybridized carbons (Fsp3) is 0.286. The van der Waals surface area contributed by atoms with Gasteiger partial charge in [0, 0.05) is 23.9 Å². The average Bonchev–Trinajstić information content (AvgIpc) is 2.85. The number of hydrogen-bond donors (Lipinski definition) is 2. The van der Waals surface area contributed by atoms with Crippen molar-refractivity contribution in [1.82, 2.24) is 9.97 Å². The molecule has 0 fully saturated rings. The fourth-order valence-corrected chi connectivity index (χ4v) is 1.92. The molecule has 0 spiro atoms. The summed E-state index contributed by atoms with van der Waals surface area (Å²) < 4.78 is 10.6. The summed E-state index contributed by atoms with van der Waals surface area (Å²) in [6.07, 6.45) is 1.53. The molecule has 0 amide bonds. The van der Waals surface area contributed by atoms with Gasteiger partial charge in [-0.15, -0.1) is 0 Å². The number of nitrogens with zero attached hydrogens (tertiary/aromatic N) is 2. The molecule has 1 aromatic heterocycles. The highest BCUT2D eigenvalue weighted by Gasteiger charge is 2.13. The minimum absolute atomic E-state index is 0.273. The summed E-state index contributed by atoms with van der Waals surface area (Å²) in [7, 11) is 0. The Hall–Kier alpha value is -2.50. The van der Waals surface area contributed by atoms with E-state index in [0.717, 1.165) is 28.8 Å². The largest absolute Gasteiger partial charge is 0.454 e. The maximum absolute atomic E-state index is 5.35. The van der Waals surface area contributed by atoms with E-state index in [4.69, 9.17) is 9.47 Å². The first-order chi connectivity index (χ1) is 9.70. The number of nitrogens with one attached hydrogen (secondary N) is 2. The second-order valence-electron chi connectivity index (χ2n) is 4.78. The Labute approximate surface area is 117 Å². The molecule has 0 saturated heterocycles. The molecule has 6 nitrogen and oxygen atoms in total. The van der Waals surface area contributed by atoms with Crippen LogP contribution in [0.25, 0.3) is 0 Å². The molecule has 0 radical (unpaired) electrons. The third kappa shape index (κ3) is 2.74. The SMILES string of the molecule is CC(C)Nc1cc(Nc2ccc3c(c2)OCO3)ncn1. The van der Waals surface area contributed by atoms with Crippen LogP contribution >= 0.6 is 0 Å². The lowest BCUT2D eigenvalue weighted by Gasteiger charge is -2.11. The van der Waals surface area contributed by atoms with E-state index in [9.17, 15) is 0 Å². The number of aromatic nitrogens is 2. The van der Waals surface area contributed by atoms with Crippen molar-refractivity contribution in [1.29, 1.82) is 0 Å². The van der Waals surface area contributed by atoms with E-state index in [1.165, 1.54) is 6.33 Å². The Morgan fingerprint density at radius 1 is 1.05 bits per heavy atom. The van der Waals surface area contributed by atoms with Crippen molar-refractivity contribution < 1.29 is 9.47 Å². The smallest absolute Gasteiger partial charge is 0.231 e. The molecule has 6 heteroatoms. The highest BCUT2D eigenvalue weighted by Crippen LogP contribution is 2.34. The Bertz CT molecular complexity index is 616. The summed E-state index contributed by atoms with van der Waals surface area (Å²) in [4.78, 5) is 8.37. The molecule has 3 rings (SSSR count). The first-order valence-corrected chi connectivity index (χ1v) is 6.46. The number of benzene rings is 1. The molecular weight excluding hydrogens is 256 g/mol. The minimum atomic E-state index is 0.273. The van der Waals surface area contributed by atoms with Gasteiger partial charge in [-0.1, -0.05) is 0 Å². The van der Waals surface area contributed by atoms with Crippen molar-refractivity contribution in [2.24, 2.45) is 0 Å². The van der Waals surface area contributed by atoms with Gasteiger partial charge in [0.1, 0.15) is 18.0 Å². The van der Waals surface area contributed by atoms with Gasteiger partial charge in [0.05, 0.1) is 0 Å². The zero-order valence-electron chi connectivity index (χ0n) is 11.4. The van der Waals surface area contributed by atoms with Gasteiger partial charge in [-0.2, -0.15) is 0 Å². The number of fused-ring (bicyclic) bond motifs is 1. The van der Waals surface area contributed by atoms with Gasteiger partial charge in [-0.3, -0.25) is 0 Å². The molecule has 1 aliphatic rings. The Morgan fingerprint density at radius 3 is 2.70 bits per heavy atom. The van der Waals surface area contributed by atoms with Crippen molar-refractivity contribution >= 4 is 17.3 Å². The summed E-state index contributed by atoms with van der Waals surface area (Å²) in [5.41, 5.74) is 0.892. The van der Waals surface area contributed by atoms with Gasteiger partial charge >= 0.3 is 0 Å². The summed E-state index contributed by atoms with van der Waals surface area (Å²) in [5, 5.41) is 6.46. The number of anilines is 3. The molecule has 1 aromatic carbocycles. The topological polar surface area (TPSA) is 68.3 Å². The van der Waals surface area contributed by atoms with Crippen LogP contribution in [0.4, 0.5) is 17.3 Å². The van der Waals surface area contributed by atoms with Crippen LogP contribution in [-0.2, 0) is 0 Å². The Kier molecular flexibility index (Phi) is 3.28. The van der Waals surface area contributed by atoms with E-state index in [-0.39, 0.29) is 6.79 Å². The van der Waals surface area contributed by atoms with Gasteiger partial charge < -0.3 is 20.1 Å². The average molecular weight is 272 g/mol. The number of rotatable bonds is 4. The van der Waals surface area contributed by atoms with E-state index in [0.29, 0.717) is 6.04 Å². The Morgan fingerprint density at radius 2 is 1.85 bits per heavy atom. The zero-order chi connectivity index (χ0) is 13.9. The molecular formula is C14H16N4O2. The number of hydrogen-bond acceptors (Lipinski definition) is 6. The van der Waals surface area contributed by atoms with E-state index in [1.807, 2.05) is 24.3 Å². The molecule has 0 saturated carbocycles. The van der Waals surface area contributed by atoms with Gasteiger partial charge in [0.15, 0.2) is 11.5 Å². The molecule has 0 bridgehead atoms. The summed E-state index contributed by atoms with van der Waals surface area (Å²) in [5.74, 6) is 3.02. The van der Waals surface area contributed by atoms with Gasteiger partial charge in [0.2, 0.25) is 6.79 Å². The van der Waals surface area contributed by atoms with E-state index < -0.39 is 0 Å². The van der Waals surface area contributed by atoms with Gasteiger partial charge in [0.25, 0.3) is 0 Å². The highest BCUT2D eigenvalue weighted by molar-refractivity contribution is 5.63. The van der Waals surface area contributed by atoms with Crippen LogP contribution in [0.15, 0.2) is 30.6 Å². The van der Waals surface area contributed by atoms with Crippen LogP contribution in [0, 0.1) is 0 Å². The predicted molar refractivity (Wildman–Crippen MR) is 76.6 cm³/mol. The Balaban J connectivity index is 1.77. The minimum Gasteiger partial charge on any atom is -0.454 e. The predicted octanol–water partition coefficient (Wildman–Crippen LogP) is 2.77. The van der Waals surface area contributed by atoms with E-state index in [2.05, 4.69) is 34.4 Å². The second kappa shape index (κ2) is 5.24. The van der Waals surface area contributed by atoms with Crippen LogP contribution < -0.4 is 20.1 Å². The number of ether oxygens (including phenoxy) is 2. The monoisotopic (exact) mass is 272 g/mol. The third-order valence-electron chi connectivity index (χ3n) is 2.75. The maximum atomic E-state index is 5.35. The third-order valence-corrected chi connectivity index (χ3v) is 2.75. The van der Waals surface area contributed by atoms with E-state index >= 15 is 0 Å². The van der Waals surface area contributed by atoms with Crippen molar-refractivity contribution in [3.63, 3.8) is 0 Å². The van der Waals surface area contributed by atoms with Gasteiger partial charge in [-0.25, -0.2) is 9.97 Å². The molecule has 1 aliphatic heterocycles. The van der Waals surface area contributed by atoms with Crippen molar-refractivity contribution in [3.05, 3.63) is 30.6 Å². The molecule has 2 heterocycles. The molecule has 0 unspecified atom stereocenters. The molecule has 2 aromatic rings. The first kappa shape index (κ1) is 12.5. The highest BCUT2D eigenvalue weighted by atomic mass is 16.7. The lowest BCUT2D eigenvalue weighted by atomic mass is 10.3. The second-order valence-corrected chi connectivity index (χ2v) is 4.78. The molecule has 20 heavy (non-hydrogen) atoms. The standard InChI is InChI=1S/C14H16N4O2/c1-9(2)17-13-6-14(16-7-15-13)18-10-3-4-11-12(5-10)20-8-19-11/h3-7,9H,8H2,1-2H3,(H2,15,16,17,18). The van der Waals surface area contributed by atoms with Crippen molar-refractivity contribution in [2.45, 2.75) is 19.9 Å². The zero-order valence-corrected chi connectivity index (χ0v) is 11.4. The van der Waals surface area contributed by atoms with Gasteiger partial charge in [-0.05, 0) is 26.0 Å². The molecule has 0 aliphatic carbocycles. The summed E-state index contributed by atoms with van der Waals surface area (Å²) >= 11 is 0. The normalized spacial score (nSPS) is 12.6. The van der Waals surface area contributed by atoms with Crippen LogP contribution in [0.2, 0.25) is 0 Å². The molecule has 104 valence electrons.